The van der Waals surface area contributed by atoms with Gasteiger partial charge in [0.15, 0.2) is 0 Å². The standard InChI is InChI=1S/C25H29N3O2/c1-27-13-5-8-23(27)24(28-14-16-30-17-15-28)19-26-25(29)18-20-9-11-22(12-10-20)21-6-3-2-4-7-21/h2-13,24H,14-19H2,1H3,(H,26,29). The number of nitrogens with one attached hydrogen (secondary N) is 1. The summed E-state index contributed by atoms with van der Waals surface area (Å²) in [6, 6.07) is 22.9. The summed E-state index contributed by atoms with van der Waals surface area (Å²) in [7, 11) is 2.05. The molecule has 1 amide bonds. The van der Waals surface area contributed by atoms with Gasteiger partial charge in [-0.05, 0) is 28.8 Å². The number of benzene rings is 2. The van der Waals surface area contributed by atoms with E-state index in [0.717, 1.165) is 37.4 Å². The Kier molecular flexibility index (Phi) is 6.62. The average molecular weight is 404 g/mol. The van der Waals surface area contributed by atoms with Crippen LogP contribution in [-0.2, 0) is 23.0 Å². The summed E-state index contributed by atoms with van der Waals surface area (Å²) in [4.78, 5) is 15.0. The van der Waals surface area contributed by atoms with Gasteiger partial charge in [0, 0.05) is 38.6 Å². The molecule has 0 spiro atoms. The van der Waals surface area contributed by atoms with Crippen molar-refractivity contribution in [1.82, 2.24) is 14.8 Å². The first-order chi connectivity index (χ1) is 14.7. The number of carbonyl (C=O) groups is 1. The molecule has 2 heterocycles. The molecule has 1 aromatic heterocycles. The minimum absolute atomic E-state index is 0.0509. The molecule has 1 N–H and O–H groups in total. The minimum atomic E-state index is 0.0509. The molecular weight excluding hydrogens is 374 g/mol. The van der Waals surface area contributed by atoms with Gasteiger partial charge in [0.05, 0.1) is 25.7 Å². The Hall–Kier alpha value is -2.89. The van der Waals surface area contributed by atoms with Crippen LogP contribution in [0.1, 0.15) is 17.3 Å². The van der Waals surface area contributed by atoms with Crippen molar-refractivity contribution < 1.29 is 9.53 Å². The Bertz CT molecular complexity index is 944. The van der Waals surface area contributed by atoms with Gasteiger partial charge in [-0.1, -0.05) is 54.6 Å². The number of morpholine rings is 1. The molecule has 2 aromatic carbocycles. The maximum Gasteiger partial charge on any atom is 0.224 e. The molecular formula is C25H29N3O2. The molecule has 0 aliphatic carbocycles. The summed E-state index contributed by atoms with van der Waals surface area (Å²) in [5.74, 6) is 0.0509. The van der Waals surface area contributed by atoms with E-state index in [2.05, 4.69) is 64.4 Å². The second-order valence-corrected chi connectivity index (χ2v) is 7.75. The van der Waals surface area contributed by atoms with Crippen LogP contribution in [0.25, 0.3) is 11.1 Å². The van der Waals surface area contributed by atoms with Gasteiger partial charge in [-0.3, -0.25) is 9.69 Å². The van der Waals surface area contributed by atoms with Crippen molar-refractivity contribution in [3.8, 4) is 11.1 Å². The number of aromatic nitrogens is 1. The molecule has 5 heteroatoms. The van der Waals surface area contributed by atoms with Gasteiger partial charge in [0.2, 0.25) is 5.91 Å². The van der Waals surface area contributed by atoms with Crippen LogP contribution in [0.4, 0.5) is 0 Å². The Labute approximate surface area is 178 Å². The minimum Gasteiger partial charge on any atom is -0.379 e. The molecule has 1 unspecified atom stereocenters. The van der Waals surface area contributed by atoms with E-state index < -0.39 is 0 Å². The fourth-order valence-electron chi connectivity index (χ4n) is 4.03. The van der Waals surface area contributed by atoms with Crippen molar-refractivity contribution in [3.63, 3.8) is 0 Å². The summed E-state index contributed by atoms with van der Waals surface area (Å²) in [5, 5.41) is 3.16. The Balaban J connectivity index is 1.37. The van der Waals surface area contributed by atoms with Crippen LogP contribution in [-0.4, -0.2) is 48.2 Å². The van der Waals surface area contributed by atoms with E-state index in [0.29, 0.717) is 13.0 Å². The highest BCUT2D eigenvalue weighted by Crippen LogP contribution is 2.22. The first-order valence-electron chi connectivity index (χ1n) is 10.5. The van der Waals surface area contributed by atoms with Crippen molar-refractivity contribution in [2.45, 2.75) is 12.5 Å². The van der Waals surface area contributed by atoms with Gasteiger partial charge in [-0.15, -0.1) is 0 Å². The smallest absolute Gasteiger partial charge is 0.224 e. The van der Waals surface area contributed by atoms with E-state index in [1.54, 1.807) is 0 Å². The lowest BCUT2D eigenvalue weighted by Crippen LogP contribution is -2.44. The van der Waals surface area contributed by atoms with Crippen molar-refractivity contribution in [2.24, 2.45) is 7.05 Å². The largest absolute Gasteiger partial charge is 0.379 e. The number of amides is 1. The normalized spacial score (nSPS) is 15.6. The van der Waals surface area contributed by atoms with Crippen LogP contribution in [0, 0.1) is 0 Å². The van der Waals surface area contributed by atoms with E-state index in [9.17, 15) is 4.79 Å². The van der Waals surface area contributed by atoms with E-state index in [4.69, 9.17) is 4.74 Å². The zero-order chi connectivity index (χ0) is 20.8. The topological polar surface area (TPSA) is 46.5 Å². The predicted octanol–water partition coefficient (Wildman–Crippen LogP) is 3.42. The van der Waals surface area contributed by atoms with Crippen LogP contribution in [0.15, 0.2) is 72.9 Å². The first-order valence-corrected chi connectivity index (χ1v) is 10.5. The lowest BCUT2D eigenvalue weighted by atomic mass is 10.0. The summed E-state index contributed by atoms with van der Waals surface area (Å²) >= 11 is 0. The number of rotatable bonds is 7. The number of aryl methyl sites for hydroxylation is 1. The molecule has 30 heavy (non-hydrogen) atoms. The summed E-state index contributed by atoms with van der Waals surface area (Å²) in [6.45, 7) is 3.84. The van der Waals surface area contributed by atoms with Crippen LogP contribution in [0.2, 0.25) is 0 Å². The van der Waals surface area contributed by atoms with Gasteiger partial charge in [-0.25, -0.2) is 0 Å². The number of ether oxygens (including phenoxy) is 1. The second-order valence-electron chi connectivity index (χ2n) is 7.75. The van der Waals surface area contributed by atoms with Crippen molar-refractivity contribution >= 4 is 5.91 Å². The van der Waals surface area contributed by atoms with Crippen LogP contribution < -0.4 is 5.32 Å². The second kappa shape index (κ2) is 9.74. The van der Waals surface area contributed by atoms with Crippen LogP contribution >= 0.6 is 0 Å². The Morgan fingerprint density at radius 3 is 2.33 bits per heavy atom. The fraction of sp³-hybridized carbons (Fsp3) is 0.320. The van der Waals surface area contributed by atoms with E-state index in [-0.39, 0.29) is 11.9 Å². The Morgan fingerprint density at radius 2 is 1.67 bits per heavy atom. The van der Waals surface area contributed by atoms with E-state index in [1.807, 2.05) is 30.3 Å². The molecule has 1 atom stereocenters. The molecule has 1 fully saturated rings. The monoisotopic (exact) mass is 403 g/mol. The summed E-state index contributed by atoms with van der Waals surface area (Å²) in [6.07, 6.45) is 2.44. The highest BCUT2D eigenvalue weighted by Gasteiger charge is 2.24. The zero-order valence-electron chi connectivity index (χ0n) is 17.5. The molecule has 0 saturated carbocycles. The molecule has 156 valence electrons. The van der Waals surface area contributed by atoms with Gasteiger partial charge >= 0.3 is 0 Å². The lowest BCUT2D eigenvalue weighted by molar-refractivity contribution is -0.120. The molecule has 0 radical (unpaired) electrons. The van der Waals surface area contributed by atoms with Crippen LogP contribution in [0.3, 0.4) is 0 Å². The third kappa shape index (κ3) is 4.99. The van der Waals surface area contributed by atoms with Crippen molar-refractivity contribution in [3.05, 3.63) is 84.2 Å². The van der Waals surface area contributed by atoms with Crippen molar-refractivity contribution in [1.29, 1.82) is 0 Å². The van der Waals surface area contributed by atoms with Crippen molar-refractivity contribution in [2.75, 3.05) is 32.8 Å². The number of hydrogen-bond donors (Lipinski definition) is 1. The average Bonchev–Trinajstić information content (AvgIpc) is 3.21. The third-order valence-corrected chi connectivity index (χ3v) is 5.73. The number of hydrogen-bond acceptors (Lipinski definition) is 3. The molecule has 3 aromatic rings. The van der Waals surface area contributed by atoms with Gasteiger partial charge in [-0.2, -0.15) is 0 Å². The molecule has 4 rings (SSSR count). The number of nitrogens with zero attached hydrogens (tertiary/aromatic N) is 2. The summed E-state index contributed by atoms with van der Waals surface area (Å²) in [5.41, 5.74) is 4.58. The molecule has 1 aliphatic heterocycles. The fourth-order valence-corrected chi connectivity index (χ4v) is 4.03. The Morgan fingerprint density at radius 1 is 0.967 bits per heavy atom. The van der Waals surface area contributed by atoms with E-state index >= 15 is 0 Å². The van der Waals surface area contributed by atoms with E-state index in [1.165, 1.54) is 11.3 Å². The molecule has 5 nitrogen and oxygen atoms in total. The first kappa shape index (κ1) is 20.4. The van der Waals surface area contributed by atoms with Gasteiger partial charge in [0.1, 0.15) is 0 Å². The molecule has 1 saturated heterocycles. The highest BCUT2D eigenvalue weighted by molar-refractivity contribution is 5.79. The third-order valence-electron chi connectivity index (χ3n) is 5.73. The molecule has 1 aliphatic rings. The van der Waals surface area contributed by atoms with Crippen LogP contribution in [0.5, 0.6) is 0 Å². The predicted molar refractivity (Wildman–Crippen MR) is 119 cm³/mol. The van der Waals surface area contributed by atoms with Gasteiger partial charge < -0.3 is 14.6 Å². The maximum atomic E-state index is 12.6. The zero-order valence-corrected chi connectivity index (χ0v) is 17.5. The maximum absolute atomic E-state index is 12.6. The number of carbonyl (C=O) groups excluding carboxylic acids is 1. The molecule has 0 bridgehead atoms. The summed E-state index contributed by atoms with van der Waals surface area (Å²) < 4.78 is 7.64. The highest BCUT2D eigenvalue weighted by atomic mass is 16.5. The quantitative estimate of drug-likeness (QED) is 0.658. The lowest BCUT2D eigenvalue weighted by Gasteiger charge is -2.35. The SMILES string of the molecule is Cn1cccc1C(CNC(=O)Cc1ccc(-c2ccccc2)cc1)N1CCOCC1. The van der Waals surface area contributed by atoms with Gasteiger partial charge in [0.25, 0.3) is 0 Å².